The number of hydrogen-bond acceptors (Lipinski definition) is 3. The zero-order valence-corrected chi connectivity index (χ0v) is 10.7. The van der Waals surface area contributed by atoms with Gasteiger partial charge in [-0.3, -0.25) is 4.79 Å². The monoisotopic (exact) mass is 309 g/mol. The standard InChI is InChI=1S/C12H9BrFN3O/c13-7-1-3-10(14)9(5-7)12(18)17-11-4-2-8(15)6-16-11/h1-6H,15H2,(H,16,17,18). The van der Waals surface area contributed by atoms with Crippen LogP contribution in [0.4, 0.5) is 15.9 Å². The van der Waals surface area contributed by atoms with Gasteiger partial charge in [-0.1, -0.05) is 15.9 Å². The Labute approximate surface area is 111 Å². The molecule has 1 aromatic heterocycles. The molecule has 1 aromatic carbocycles. The van der Waals surface area contributed by atoms with Crippen molar-refractivity contribution in [1.82, 2.24) is 4.98 Å². The number of benzene rings is 1. The van der Waals surface area contributed by atoms with Gasteiger partial charge in [0.15, 0.2) is 0 Å². The van der Waals surface area contributed by atoms with Gasteiger partial charge in [0.2, 0.25) is 0 Å². The average molecular weight is 310 g/mol. The summed E-state index contributed by atoms with van der Waals surface area (Å²) in [6.07, 6.45) is 1.41. The van der Waals surface area contributed by atoms with Crippen LogP contribution in [-0.4, -0.2) is 10.9 Å². The molecule has 1 heterocycles. The molecule has 0 aliphatic heterocycles. The van der Waals surface area contributed by atoms with E-state index in [-0.39, 0.29) is 5.56 Å². The molecule has 6 heteroatoms. The maximum atomic E-state index is 13.5. The predicted octanol–water partition coefficient (Wildman–Crippen LogP) is 2.82. The quantitative estimate of drug-likeness (QED) is 0.896. The van der Waals surface area contributed by atoms with Gasteiger partial charge in [0.25, 0.3) is 5.91 Å². The van der Waals surface area contributed by atoms with E-state index >= 15 is 0 Å². The highest BCUT2D eigenvalue weighted by Gasteiger charge is 2.12. The first-order chi connectivity index (χ1) is 8.56. The van der Waals surface area contributed by atoms with E-state index in [2.05, 4.69) is 26.2 Å². The van der Waals surface area contributed by atoms with Crippen LogP contribution in [0, 0.1) is 5.82 Å². The molecule has 4 nitrogen and oxygen atoms in total. The Hall–Kier alpha value is -1.95. The molecule has 0 aliphatic rings. The van der Waals surface area contributed by atoms with Gasteiger partial charge in [-0.05, 0) is 30.3 Å². The van der Waals surface area contributed by atoms with E-state index in [0.717, 1.165) is 0 Å². The summed E-state index contributed by atoms with van der Waals surface area (Å²) in [6.45, 7) is 0. The highest BCUT2D eigenvalue weighted by atomic mass is 79.9. The van der Waals surface area contributed by atoms with E-state index in [1.807, 2.05) is 0 Å². The lowest BCUT2D eigenvalue weighted by Crippen LogP contribution is -2.14. The molecule has 92 valence electrons. The molecule has 18 heavy (non-hydrogen) atoms. The van der Waals surface area contributed by atoms with Crippen molar-refractivity contribution < 1.29 is 9.18 Å². The Morgan fingerprint density at radius 2 is 2.11 bits per heavy atom. The molecule has 0 unspecified atom stereocenters. The molecule has 0 spiro atoms. The SMILES string of the molecule is Nc1ccc(NC(=O)c2cc(Br)ccc2F)nc1. The highest BCUT2D eigenvalue weighted by molar-refractivity contribution is 9.10. The smallest absolute Gasteiger partial charge is 0.259 e. The Balaban J connectivity index is 2.21. The third-order valence-corrected chi connectivity index (χ3v) is 2.69. The zero-order valence-electron chi connectivity index (χ0n) is 9.15. The number of nitrogens with zero attached hydrogens (tertiary/aromatic N) is 1. The summed E-state index contributed by atoms with van der Waals surface area (Å²) in [5, 5.41) is 2.49. The number of nitrogen functional groups attached to an aromatic ring is 1. The molecule has 1 amide bonds. The van der Waals surface area contributed by atoms with E-state index in [1.54, 1.807) is 12.1 Å². The molecular formula is C12H9BrFN3O. The fraction of sp³-hybridized carbons (Fsp3) is 0. The predicted molar refractivity (Wildman–Crippen MR) is 70.7 cm³/mol. The second-order valence-corrected chi connectivity index (χ2v) is 4.47. The third-order valence-electron chi connectivity index (χ3n) is 2.20. The number of amides is 1. The van der Waals surface area contributed by atoms with Crippen molar-refractivity contribution in [3.63, 3.8) is 0 Å². The molecule has 0 bridgehead atoms. The first-order valence-electron chi connectivity index (χ1n) is 5.04. The summed E-state index contributed by atoms with van der Waals surface area (Å²) in [6, 6.07) is 7.29. The van der Waals surface area contributed by atoms with Crippen molar-refractivity contribution in [3.8, 4) is 0 Å². The van der Waals surface area contributed by atoms with Gasteiger partial charge in [0.1, 0.15) is 11.6 Å². The molecule has 0 saturated heterocycles. The molecule has 3 N–H and O–H groups in total. The lowest BCUT2D eigenvalue weighted by Gasteiger charge is -2.06. The second-order valence-electron chi connectivity index (χ2n) is 3.56. The second kappa shape index (κ2) is 5.14. The molecule has 0 radical (unpaired) electrons. The number of rotatable bonds is 2. The summed E-state index contributed by atoms with van der Waals surface area (Å²) in [7, 11) is 0. The summed E-state index contributed by atoms with van der Waals surface area (Å²) < 4.78 is 14.1. The van der Waals surface area contributed by atoms with Crippen molar-refractivity contribution in [2.45, 2.75) is 0 Å². The van der Waals surface area contributed by atoms with Crippen molar-refractivity contribution in [2.24, 2.45) is 0 Å². The van der Waals surface area contributed by atoms with Crippen LogP contribution in [0.3, 0.4) is 0 Å². The van der Waals surface area contributed by atoms with Gasteiger partial charge in [0.05, 0.1) is 17.4 Å². The number of hydrogen-bond donors (Lipinski definition) is 2. The number of carbonyl (C=O) groups excluding carboxylic acids is 1. The number of halogens is 2. The fourth-order valence-corrected chi connectivity index (χ4v) is 1.70. The van der Waals surface area contributed by atoms with Crippen molar-refractivity contribution in [3.05, 3.63) is 52.4 Å². The lowest BCUT2D eigenvalue weighted by molar-refractivity contribution is 0.102. The summed E-state index contributed by atoms with van der Waals surface area (Å²) in [5.74, 6) is -0.842. The van der Waals surface area contributed by atoms with Crippen LogP contribution >= 0.6 is 15.9 Å². The van der Waals surface area contributed by atoms with Crippen LogP contribution in [0.1, 0.15) is 10.4 Å². The Morgan fingerprint density at radius 1 is 1.33 bits per heavy atom. The zero-order chi connectivity index (χ0) is 13.1. The topological polar surface area (TPSA) is 68.0 Å². The van der Waals surface area contributed by atoms with Crippen LogP contribution in [0.25, 0.3) is 0 Å². The van der Waals surface area contributed by atoms with Crippen LogP contribution in [0.2, 0.25) is 0 Å². The minimum absolute atomic E-state index is 0.0528. The normalized spacial score (nSPS) is 10.1. The van der Waals surface area contributed by atoms with Gasteiger partial charge in [-0.2, -0.15) is 0 Å². The number of anilines is 2. The van der Waals surface area contributed by atoms with Gasteiger partial charge >= 0.3 is 0 Å². The maximum Gasteiger partial charge on any atom is 0.259 e. The van der Waals surface area contributed by atoms with E-state index in [1.165, 1.54) is 24.4 Å². The molecule has 0 fully saturated rings. The largest absolute Gasteiger partial charge is 0.397 e. The Bertz CT molecular complexity index is 586. The number of aromatic nitrogens is 1. The van der Waals surface area contributed by atoms with Gasteiger partial charge in [-0.15, -0.1) is 0 Å². The third kappa shape index (κ3) is 2.84. The van der Waals surface area contributed by atoms with Crippen LogP contribution in [0.5, 0.6) is 0 Å². The van der Waals surface area contributed by atoms with Crippen molar-refractivity contribution in [2.75, 3.05) is 11.1 Å². The summed E-state index contributed by atoms with van der Waals surface area (Å²) in [4.78, 5) is 15.7. The number of nitrogens with one attached hydrogen (secondary N) is 1. The molecule has 2 aromatic rings. The molecule has 0 atom stereocenters. The maximum absolute atomic E-state index is 13.5. The minimum Gasteiger partial charge on any atom is -0.397 e. The first kappa shape index (κ1) is 12.5. The highest BCUT2D eigenvalue weighted by Crippen LogP contribution is 2.17. The van der Waals surface area contributed by atoms with E-state index in [0.29, 0.717) is 16.0 Å². The van der Waals surface area contributed by atoms with Gasteiger partial charge in [-0.25, -0.2) is 9.37 Å². The Morgan fingerprint density at radius 3 is 2.78 bits per heavy atom. The summed E-state index contributed by atoms with van der Waals surface area (Å²) >= 11 is 3.18. The van der Waals surface area contributed by atoms with E-state index < -0.39 is 11.7 Å². The number of carbonyl (C=O) groups is 1. The number of pyridine rings is 1. The Kier molecular flexibility index (Phi) is 3.57. The van der Waals surface area contributed by atoms with E-state index in [9.17, 15) is 9.18 Å². The molecular weight excluding hydrogens is 301 g/mol. The molecule has 2 rings (SSSR count). The molecule has 0 saturated carbocycles. The first-order valence-corrected chi connectivity index (χ1v) is 5.83. The van der Waals surface area contributed by atoms with Crippen LogP contribution in [0.15, 0.2) is 41.0 Å². The van der Waals surface area contributed by atoms with Crippen LogP contribution in [-0.2, 0) is 0 Å². The van der Waals surface area contributed by atoms with E-state index in [4.69, 9.17) is 5.73 Å². The summed E-state index contributed by atoms with van der Waals surface area (Å²) in [5.41, 5.74) is 5.91. The van der Waals surface area contributed by atoms with Crippen molar-refractivity contribution >= 4 is 33.3 Å². The minimum atomic E-state index is -0.592. The lowest BCUT2D eigenvalue weighted by atomic mass is 10.2. The molecule has 0 aliphatic carbocycles. The van der Waals surface area contributed by atoms with Crippen LogP contribution < -0.4 is 11.1 Å². The average Bonchev–Trinajstić information content (AvgIpc) is 2.35. The fourth-order valence-electron chi connectivity index (χ4n) is 1.33. The van der Waals surface area contributed by atoms with Gasteiger partial charge < -0.3 is 11.1 Å². The van der Waals surface area contributed by atoms with Gasteiger partial charge in [0, 0.05) is 4.47 Å². The van der Waals surface area contributed by atoms with Crippen molar-refractivity contribution in [1.29, 1.82) is 0 Å². The number of nitrogens with two attached hydrogens (primary N) is 1.